The molecule has 178 valence electrons. The molecule has 10 heteroatoms. The van der Waals surface area contributed by atoms with Gasteiger partial charge in [-0.15, -0.1) is 0 Å². The second-order valence-corrected chi connectivity index (χ2v) is 8.30. The number of fused-ring (bicyclic) bond motifs is 2. The van der Waals surface area contributed by atoms with Crippen LogP contribution in [0.2, 0.25) is 0 Å². The lowest BCUT2D eigenvalue weighted by molar-refractivity contribution is -0.138. The van der Waals surface area contributed by atoms with Crippen molar-refractivity contribution in [1.29, 1.82) is 0 Å². The van der Waals surface area contributed by atoms with Crippen LogP contribution in [0.3, 0.4) is 0 Å². The summed E-state index contributed by atoms with van der Waals surface area (Å²) in [6.07, 6.45) is -1.97. The molecule has 6 nitrogen and oxygen atoms in total. The van der Waals surface area contributed by atoms with E-state index >= 15 is 0 Å². The molecule has 3 aliphatic rings. The highest BCUT2D eigenvalue weighted by atomic mass is 19.4. The molecule has 1 fully saturated rings. The van der Waals surface area contributed by atoms with Gasteiger partial charge in [-0.05, 0) is 25.2 Å². The predicted octanol–water partition coefficient (Wildman–Crippen LogP) is 3.44. The second kappa shape index (κ2) is 8.81. The van der Waals surface area contributed by atoms with E-state index in [1.807, 2.05) is 13.8 Å². The first-order valence-electron chi connectivity index (χ1n) is 11.1. The van der Waals surface area contributed by atoms with Gasteiger partial charge in [0.25, 0.3) is 11.8 Å². The molecule has 0 bridgehead atoms. The summed E-state index contributed by atoms with van der Waals surface area (Å²) in [5.41, 5.74) is -1.06. The molecule has 1 atom stereocenters. The van der Waals surface area contributed by atoms with Crippen LogP contribution in [0, 0.1) is 0 Å². The van der Waals surface area contributed by atoms with Crippen molar-refractivity contribution in [3.8, 4) is 0 Å². The van der Waals surface area contributed by atoms with Gasteiger partial charge in [-0.25, -0.2) is 4.39 Å². The first kappa shape index (κ1) is 23.3. The van der Waals surface area contributed by atoms with Gasteiger partial charge < -0.3 is 20.1 Å². The average molecular weight is 466 g/mol. The van der Waals surface area contributed by atoms with Crippen molar-refractivity contribution in [2.24, 2.45) is 0 Å². The predicted molar refractivity (Wildman–Crippen MR) is 115 cm³/mol. The number of halogens is 4. The molecular weight excluding hydrogens is 440 g/mol. The Labute approximate surface area is 189 Å². The number of rotatable bonds is 6. The molecule has 1 aliphatic carbocycles. The molecule has 0 aromatic carbocycles. The third-order valence-corrected chi connectivity index (χ3v) is 6.36. The lowest BCUT2D eigenvalue weighted by Gasteiger charge is -2.30. The number of H-pyrrole nitrogens is 1. The average Bonchev–Trinajstić information content (AvgIpc) is 3.28. The second-order valence-electron chi connectivity index (χ2n) is 8.30. The number of amides is 2. The number of hydrogen-bond acceptors (Lipinski definition) is 3. The number of alkyl halides is 4. The number of aromatic nitrogens is 1. The number of carbonyl (C=O) groups is 2. The zero-order chi connectivity index (χ0) is 23.9. The SMILES string of the molecule is CCN(CC)CCN1CCc2[nH]c(/C=C3\C(=O)NC4=CCC(F)C=C43)c(C(F)(F)F)c2C1=O. The number of nitrogens with zero attached hydrogens (tertiary/aromatic N) is 2. The lowest BCUT2D eigenvalue weighted by Crippen LogP contribution is -2.43. The summed E-state index contributed by atoms with van der Waals surface area (Å²) in [6.45, 7) is 6.76. The van der Waals surface area contributed by atoms with Gasteiger partial charge in [-0.2, -0.15) is 13.2 Å². The fourth-order valence-corrected chi connectivity index (χ4v) is 4.55. The van der Waals surface area contributed by atoms with Crippen molar-refractivity contribution < 1.29 is 27.2 Å². The summed E-state index contributed by atoms with van der Waals surface area (Å²) in [6, 6.07) is 0. The Balaban J connectivity index is 1.72. The molecule has 1 unspecified atom stereocenters. The molecule has 2 N–H and O–H groups in total. The minimum Gasteiger partial charge on any atom is -0.358 e. The smallest absolute Gasteiger partial charge is 0.358 e. The van der Waals surface area contributed by atoms with E-state index < -0.39 is 35.3 Å². The topological polar surface area (TPSA) is 68.4 Å². The van der Waals surface area contributed by atoms with Crippen LogP contribution < -0.4 is 5.32 Å². The fraction of sp³-hybridized carbons (Fsp3) is 0.478. The third-order valence-electron chi connectivity index (χ3n) is 6.36. The zero-order valence-electron chi connectivity index (χ0n) is 18.5. The van der Waals surface area contributed by atoms with Gasteiger partial charge in [0, 0.05) is 49.4 Å². The first-order valence-corrected chi connectivity index (χ1v) is 11.1. The Morgan fingerprint density at radius 1 is 1.24 bits per heavy atom. The number of aromatic amines is 1. The summed E-state index contributed by atoms with van der Waals surface area (Å²) in [5, 5.41) is 2.56. The van der Waals surface area contributed by atoms with Crippen molar-refractivity contribution in [3.05, 3.63) is 51.5 Å². The number of hydrogen-bond donors (Lipinski definition) is 2. The van der Waals surface area contributed by atoms with Gasteiger partial charge >= 0.3 is 6.18 Å². The normalized spacial score (nSPS) is 21.8. The van der Waals surface area contributed by atoms with Crippen molar-refractivity contribution in [1.82, 2.24) is 20.1 Å². The molecule has 0 spiro atoms. The Morgan fingerprint density at radius 3 is 2.64 bits per heavy atom. The first-order chi connectivity index (χ1) is 15.6. The molecule has 4 rings (SSSR count). The zero-order valence-corrected chi connectivity index (χ0v) is 18.5. The molecule has 2 amide bonds. The quantitative estimate of drug-likeness (QED) is 0.499. The molecule has 1 saturated heterocycles. The van der Waals surface area contributed by atoms with Crippen LogP contribution in [0.4, 0.5) is 17.6 Å². The Bertz CT molecular complexity index is 1060. The van der Waals surface area contributed by atoms with Crippen molar-refractivity contribution in [2.45, 2.75) is 39.0 Å². The van der Waals surface area contributed by atoms with Crippen LogP contribution in [0.5, 0.6) is 0 Å². The van der Waals surface area contributed by atoms with Gasteiger partial charge in [0.15, 0.2) is 0 Å². The Kier molecular flexibility index (Phi) is 6.22. The molecule has 33 heavy (non-hydrogen) atoms. The van der Waals surface area contributed by atoms with Crippen LogP contribution in [0.1, 0.15) is 47.6 Å². The monoisotopic (exact) mass is 466 g/mol. The molecule has 1 aromatic heterocycles. The van der Waals surface area contributed by atoms with E-state index in [2.05, 4.69) is 15.2 Å². The highest BCUT2D eigenvalue weighted by Gasteiger charge is 2.44. The molecule has 0 saturated carbocycles. The summed E-state index contributed by atoms with van der Waals surface area (Å²) >= 11 is 0. The van der Waals surface area contributed by atoms with E-state index in [0.29, 0.717) is 25.3 Å². The van der Waals surface area contributed by atoms with Crippen molar-refractivity contribution in [2.75, 3.05) is 32.7 Å². The van der Waals surface area contributed by atoms with E-state index in [-0.39, 0.29) is 35.4 Å². The maximum atomic E-state index is 14.1. The van der Waals surface area contributed by atoms with Gasteiger partial charge in [-0.3, -0.25) is 9.59 Å². The number of nitrogens with one attached hydrogen (secondary N) is 2. The van der Waals surface area contributed by atoms with Gasteiger partial charge in [0.05, 0.1) is 22.4 Å². The lowest BCUT2D eigenvalue weighted by atomic mass is 9.96. The van der Waals surface area contributed by atoms with Gasteiger partial charge in [0.2, 0.25) is 0 Å². The van der Waals surface area contributed by atoms with E-state index in [0.717, 1.165) is 19.2 Å². The molecule has 2 aliphatic heterocycles. The highest BCUT2D eigenvalue weighted by molar-refractivity contribution is 6.09. The van der Waals surface area contributed by atoms with E-state index in [9.17, 15) is 27.2 Å². The summed E-state index contributed by atoms with van der Waals surface area (Å²) in [7, 11) is 0. The third kappa shape index (κ3) is 4.36. The highest BCUT2D eigenvalue weighted by Crippen LogP contribution is 2.41. The Hall–Kier alpha value is -2.88. The molecular formula is C23H26F4N4O2. The van der Waals surface area contributed by atoms with Crippen LogP contribution in [-0.2, 0) is 17.4 Å². The van der Waals surface area contributed by atoms with Crippen LogP contribution in [0.25, 0.3) is 6.08 Å². The van der Waals surface area contributed by atoms with Crippen molar-refractivity contribution >= 4 is 17.9 Å². The number of carbonyl (C=O) groups excluding carboxylic acids is 2. The molecule has 3 heterocycles. The molecule has 1 aromatic rings. The Morgan fingerprint density at radius 2 is 1.97 bits per heavy atom. The number of likely N-dealkylation sites (N-methyl/N-ethyl adjacent to an activating group) is 1. The van der Waals surface area contributed by atoms with Gasteiger partial charge in [-0.1, -0.05) is 19.9 Å². The fourth-order valence-electron chi connectivity index (χ4n) is 4.55. The maximum Gasteiger partial charge on any atom is 0.419 e. The summed E-state index contributed by atoms with van der Waals surface area (Å²) in [5.74, 6) is -1.27. The van der Waals surface area contributed by atoms with Gasteiger partial charge in [0.1, 0.15) is 6.17 Å². The van der Waals surface area contributed by atoms with Crippen LogP contribution in [-0.4, -0.2) is 65.5 Å². The number of allylic oxidation sites excluding steroid dienone is 3. The standard InChI is InChI=1S/C23H26F4N4O2/c1-3-30(4-2)9-10-31-8-7-17-19(22(31)33)20(23(25,26)27)18(28-17)12-15-14-11-13(24)5-6-16(14)29-21(15)32/h6,11-13,28H,3-5,7-10H2,1-2H3,(H,29,32)/b15-12-. The minimum atomic E-state index is -4.81. The van der Waals surface area contributed by atoms with Crippen LogP contribution >= 0.6 is 0 Å². The minimum absolute atomic E-state index is 0.0569. The van der Waals surface area contributed by atoms with Crippen LogP contribution in [0.15, 0.2) is 29.0 Å². The summed E-state index contributed by atoms with van der Waals surface area (Å²) in [4.78, 5) is 31.8. The maximum absolute atomic E-state index is 14.1. The summed E-state index contributed by atoms with van der Waals surface area (Å²) < 4.78 is 56.3. The van der Waals surface area contributed by atoms with E-state index in [1.165, 1.54) is 17.1 Å². The van der Waals surface area contributed by atoms with Crippen molar-refractivity contribution in [3.63, 3.8) is 0 Å². The molecule has 0 radical (unpaired) electrons. The van der Waals surface area contributed by atoms with E-state index in [1.54, 1.807) is 0 Å². The van der Waals surface area contributed by atoms with E-state index in [4.69, 9.17) is 0 Å². The largest absolute Gasteiger partial charge is 0.419 e.